The molecule has 0 spiro atoms. The zero-order valence-corrected chi connectivity index (χ0v) is 18.4. The number of hydrogen-bond donors (Lipinski definition) is 2. The number of benzene rings is 2. The third kappa shape index (κ3) is 6.38. The van der Waals surface area contributed by atoms with E-state index in [1.165, 1.54) is 12.1 Å². The van der Waals surface area contributed by atoms with Gasteiger partial charge in [0.15, 0.2) is 0 Å². The van der Waals surface area contributed by atoms with E-state index in [9.17, 15) is 23.4 Å². The molecule has 6 nitrogen and oxygen atoms in total. The zero-order valence-electron chi connectivity index (χ0n) is 18.4. The molecule has 0 unspecified atom stereocenters. The topological polar surface area (TPSA) is 65.4 Å². The number of halogens is 3. The lowest BCUT2D eigenvalue weighted by Crippen LogP contribution is -2.55. The molecular weight excluding hydrogens is 437 g/mol. The van der Waals surface area contributed by atoms with Crippen LogP contribution in [0, 0.1) is 17.5 Å². The second kappa shape index (κ2) is 9.89. The van der Waals surface area contributed by atoms with Crippen LogP contribution in [0.3, 0.4) is 0 Å². The van der Waals surface area contributed by atoms with Gasteiger partial charge >= 0.3 is 0 Å². The van der Waals surface area contributed by atoms with Gasteiger partial charge in [0.25, 0.3) is 0 Å². The summed E-state index contributed by atoms with van der Waals surface area (Å²) in [6.45, 7) is 2.39. The molecule has 33 heavy (non-hydrogen) atoms. The quantitative estimate of drug-likeness (QED) is 0.683. The maximum Gasteiger partial charge on any atom is 0.134 e. The van der Waals surface area contributed by atoms with E-state index in [1.807, 2.05) is 15.9 Å². The first kappa shape index (κ1) is 23.8. The zero-order chi connectivity index (χ0) is 23.5. The summed E-state index contributed by atoms with van der Waals surface area (Å²) < 4.78 is 51.4. The van der Waals surface area contributed by atoms with Gasteiger partial charge in [-0.15, -0.1) is 0 Å². The van der Waals surface area contributed by atoms with Crippen LogP contribution in [-0.4, -0.2) is 78.9 Å². The van der Waals surface area contributed by atoms with Gasteiger partial charge in [-0.3, -0.25) is 4.90 Å². The molecular formula is C24H29F3N2O4. The van der Waals surface area contributed by atoms with Crippen molar-refractivity contribution in [3.8, 4) is 5.75 Å². The fourth-order valence-corrected chi connectivity index (χ4v) is 4.48. The Labute approximate surface area is 191 Å². The minimum Gasteiger partial charge on any atom is -0.490 e. The lowest BCUT2D eigenvalue weighted by molar-refractivity contribution is -0.0743. The van der Waals surface area contributed by atoms with E-state index in [2.05, 4.69) is 0 Å². The van der Waals surface area contributed by atoms with Gasteiger partial charge < -0.3 is 24.6 Å². The van der Waals surface area contributed by atoms with Gasteiger partial charge in [-0.2, -0.15) is 0 Å². The van der Waals surface area contributed by atoms with Gasteiger partial charge in [0, 0.05) is 56.6 Å². The Morgan fingerprint density at radius 3 is 2.33 bits per heavy atom. The largest absolute Gasteiger partial charge is 0.490 e. The van der Waals surface area contributed by atoms with Gasteiger partial charge in [-0.1, -0.05) is 6.07 Å². The monoisotopic (exact) mass is 466 g/mol. The van der Waals surface area contributed by atoms with Crippen LogP contribution in [0.2, 0.25) is 0 Å². The number of ether oxygens (including phenoxy) is 2. The SMILES string of the molecule is OC1(CN2CCOC[C@@](O)(COc3cc(F)cc(F)c3)C2)CCN(c2cccc(F)c2)CC1. The summed E-state index contributed by atoms with van der Waals surface area (Å²) in [4.78, 5) is 3.98. The Morgan fingerprint density at radius 2 is 1.64 bits per heavy atom. The maximum absolute atomic E-state index is 13.5. The molecule has 180 valence electrons. The van der Waals surface area contributed by atoms with E-state index in [0.29, 0.717) is 45.6 Å². The first-order valence-electron chi connectivity index (χ1n) is 11.1. The van der Waals surface area contributed by atoms with Gasteiger partial charge in [0.2, 0.25) is 0 Å². The van der Waals surface area contributed by atoms with Crippen LogP contribution in [0.5, 0.6) is 5.75 Å². The average Bonchev–Trinajstić information content (AvgIpc) is 2.93. The van der Waals surface area contributed by atoms with Crippen LogP contribution in [-0.2, 0) is 4.74 Å². The third-order valence-electron chi connectivity index (χ3n) is 6.17. The highest BCUT2D eigenvalue weighted by Gasteiger charge is 2.39. The molecule has 2 heterocycles. The Kier molecular flexibility index (Phi) is 7.13. The van der Waals surface area contributed by atoms with Crippen molar-refractivity contribution >= 4 is 5.69 Å². The third-order valence-corrected chi connectivity index (χ3v) is 6.17. The van der Waals surface area contributed by atoms with Crippen molar-refractivity contribution in [1.29, 1.82) is 0 Å². The van der Waals surface area contributed by atoms with Crippen molar-refractivity contribution < 1.29 is 32.9 Å². The molecule has 0 radical (unpaired) electrons. The molecule has 1 atom stereocenters. The van der Waals surface area contributed by atoms with Crippen LogP contribution in [0.1, 0.15) is 12.8 Å². The van der Waals surface area contributed by atoms with Crippen molar-refractivity contribution in [2.45, 2.75) is 24.0 Å². The van der Waals surface area contributed by atoms with Crippen molar-refractivity contribution in [3.63, 3.8) is 0 Å². The lowest BCUT2D eigenvalue weighted by atomic mass is 9.90. The van der Waals surface area contributed by atoms with Crippen LogP contribution in [0.15, 0.2) is 42.5 Å². The molecule has 2 saturated heterocycles. The second-order valence-corrected chi connectivity index (χ2v) is 9.07. The average molecular weight is 467 g/mol. The van der Waals surface area contributed by atoms with Crippen LogP contribution >= 0.6 is 0 Å². The summed E-state index contributed by atoms with van der Waals surface area (Å²) in [6.07, 6.45) is 0.997. The summed E-state index contributed by atoms with van der Waals surface area (Å²) in [5.74, 6) is -1.83. The standard InChI is InChI=1S/C24H29F3N2O4/c25-18-2-1-3-21(11-18)29-6-4-23(30,5-7-29)14-28-8-9-32-16-24(31,15-28)17-33-22-12-19(26)10-20(27)13-22/h1-3,10-13,30-31H,4-9,14-17H2/t24-/m1/s1. The van der Waals surface area contributed by atoms with E-state index < -0.39 is 22.8 Å². The summed E-state index contributed by atoms with van der Waals surface area (Å²) in [6, 6.07) is 9.27. The van der Waals surface area contributed by atoms with Gasteiger partial charge in [0.1, 0.15) is 35.4 Å². The fraction of sp³-hybridized carbons (Fsp3) is 0.500. The maximum atomic E-state index is 13.5. The van der Waals surface area contributed by atoms with Crippen LogP contribution < -0.4 is 9.64 Å². The summed E-state index contributed by atoms with van der Waals surface area (Å²) in [5, 5.41) is 22.2. The number of aliphatic hydroxyl groups is 2. The molecule has 0 aliphatic carbocycles. The summed E-state index contributed by atoms with van der Waals surface area (Å²) in [5.41, 5.74) is -1.57. The molecule has 0 saturated carbocycles. The first-order valence-corrected chi connectivity index (χ1v) is 11.1. The number of hydrogen-bond acceptors (Lipinski definition) is 6. The highest BCUT2D eigenvalue weighted by molar-refractivity contribution is 5.47. The van der Waals surface area contributed by atoms with E-state index in [4.69, 9.17) is 9.47 Å². The fourth-order valence-electron chi connectivity index (χ4n) is 4.48. The van der Waals surface area contributed by atoms with E-state index in [-0.39, 0.29) is 31.3 Å². The highest BCUT2D eigenvalue weighted by atomic mass is 19.1. The second-order valence-electron chi connectivity index (χ2n) is 9.07. The molecule has 2 aliphatic rings. The van der Waals surface area contributed by atoms with E-state index in [1.54, 1.807) is 6.07 Å². The summed E-state index contributed by atoms with van der Waals surface area (Å²) in [7, 11) is 0. The predicted octanol–water partition coefficient (Wildman–Crippen LogP) is 2.58. The van der Waals surface area contributed by atoms with Gasteiger partial charge in [0.05, 0.1) is 18.8 Å². The number of piperidine rings is 1. The number of β-amino-alcohol motifs (C(OH)–C–C–N with tert-alkyl or cyclic N) is 2. The smallest absolute Gasteiger partial charge is 0.134 e. The van der Waals surface area contributed by atoms with Crippen molar-refractivity contribution in [3.05, 3.63) is 59.9 Å². The highest BCUT2D eigenvalue weighted by Crippen LogP contribution is 2.28. The van der Waals surface area contributed by atoms with Gasteiger partial charge in [-0.25, -0.2) is 13.2 Å². The normalized spacial score (nSPS) is 23.8. The van der Waals surface area contributed by atoms with Crippen molar-refractivity contribution in [1.82, 2.24) is 4.90 Å². The minimum absolute atomic E-state index is 0.00702. The molecule has 2 aromatic carbocycles. The molecule has 0 bridgehead atoms. The Bertz CT molecular complexity index is 935. The Morgan fingerprint density at radius 1 is 0.909 bits per heavy atom. The minimum atomic E-state index is -1.40. The number of nitrogens with zero attached hydrogens (tertiary/aromatic N) is 2. The molecule has 2 N–H and O–H groups in total. The molecule has 2 aromatic rings. The molecule has 2 fully saturated rings. The molecule has 0 aromatic heterocycles. The summed E-state index contributed by atoms with van der Waals surface area (Å²) >= 11 is 0. The van der Waals surface area contributed by atoms with Crippen molar-refractivity contribution in [2.75, 3.05) is 57.4 Å². The van der Waals surface area contributed by atoms with Crippen molar-refractivity contribution in [2.24, 2.45) is 0 Å². The van der Waals surface area contributed by atoms with E-state index in [0.717, 1.165) is 23.9 Å². The molecule has 4 rings (SSSR count). The first-order chi connectivity index (χ1) is 15.7. The number of rotatable bonds is 6. The van der Waals surface area contributed by atoms with E-state index >= 15 is 0 Å². The Balaban J connectivity index is 1.34. The molecule has 9 heteroatoms. The Hall–Kier alpha value is -2.33. The predicted molar refractivity (Wildman–Crippen MR) is 117 cm³/mol. The molecule has 0 amide bonds. The molecule has 2 aliphatic heterocycles. The van der Waals surface area contributed by atoms with Gasteiger partial charge in [-0.05, 0) is 31.0 Å². The lowest BCUT2D eigenvalue weighted by Gasteiger charge is -2.42. The van der Waals surface area contributed by atoms with Crippen LogP contribution in [0.4, 0.5) is 18.9 Å². The van der Waals surface area contributed by atoms with Crippen LogP contribution in [0.25, 0.3) is 0 Å². The number of anilines is 1.